The molecule has 2 rings (SSSR count). The molecule has 0 heterocycles. The number of methoxy groups -OCH3 is 2. The average molecular weight is 408 g/mol. The predicted molar refractivity (Wildman–Crippen MR) is 94.9 cm³/mol. The number of halogens is 1. The van der Waals surface area contributed by atoms with Crippen LogP contribution < -0.4 is 9.47 Å². The number of nitro groups is 1. The first-order valence-electron chi connectivity index (χ1n) is 7.00. The van der Waals surface area contributed by atoms with Gasteiger partial charge in [-0.1, -0.05) is 22.0 Å². The first-order valence-corrected chi connectivity index (χ1v) is 7.79. The fourth-order valence-electron chi connectivity index (χ4n) is 1.94. The molecule has 25 heavy (non-hydrogen) atoms. The van der Waals surface area contributed by atoms with Crippen molar-refractivity contribution in [1.82, 2.24) is 0 Å². The van der Waals surface area contributed by atoms with E-state index in [4.69, 9.17) is 9.47 Å². The highest BCUT2D eigenvalue weighted by Crippen LogP contribution is 2.38. The van der Waals surface area contributed by atoms with Gasteiger partial charge in [0.1, 0.15) is 0 Å². The van der Waals surface area contributed by atoms with Crippen LogP contribution >= 0.6 is 15.9 Å². The van der Waals surface area contributed by atoms with Gasteiger partial charge in [-0.05, 0) is 35.9 Å². The lowest BCUT2D eigenvalue weighted by Gasteiger charge is -2.11. The molecule has 130 valence electrons. The van der Waals surface area contributed by atoms with E-state index in [-0.39, 0.29) is 11.4 Å². The highest BCUT2D eigenvalue weighted by Gasteiger charge is 2.18. The Morgan fingerprint density at radius 3 is 2.48 bits per heavy atom. The summed E-state index contributed by atoms with van der Waals surface area (Å²) in [6.45, 7) is 0. The summed E-state index contributed by atoms with van der Waals surface area (Å²) in [5, 5.41) is 11.2. The van der Waals surface area contributed by atoms with Gasteiger partial charge in [0.2, 0.25) is 5.75 Å². The van der Waals surface area contributed by atoms with Gasteiger partial charge in [-0.25, -0.2) is 4.79 Å². The molecule has 0 bridgehead atoms. The second kappa shape index (κ2) is 8.29. The Morgan fingerprint density at radius 2 is 1.84 bits per heavy atom. The van der Waals surface area contributed by atoms with Gasteiger partial charge in [0.15, 0.2) is 11.5 Å². The zero-order valence-electron chi connectivity index (χ0n) is 13.4. The molecule has 8 heteroatoms. The van der Waals surface area contributed by atoms with E-state index in [2.05, 4.69) is 20.7 Å². The van der Waals surface area contributed by atoms with Gasteiger partial charge in [0.05, 0.1) is 19.1 Å². The first-order chi connectivity index (χ1) is 11.9. The molecule has 0 spiro atoms. The fourth-order valence-corrected chi connectivity index (χ4v) is 2.29. The van der Waals surface area contributed by atoms with E-state index in [0.717, 1.165) is 0 Å². The SMILES string of the molecule is COC(=O)/C=C/c1ccc(Oc2ccc(Br)cc2[N+](=O)[O-])c(OC)c1. The first kappa shape index (κ1) is 18.5. The largest absolute Gasteiger partial charge is 0.493 e. The van der Waals surface area contributed by atoms with E-state index in [9.17, 15) is 14.9 Å². The summed E-state index contributed by atoms with van der Waals surface area (Å²) in [7, 11) is 2.74. The van der Waals surface area contributed by atoms with Gasteiger partial charge in [0, 0.05) is 16.6 Å². The smallest absolute Gasteiger partial charge is 0.330 e. The minimum absolute atomic E-state index is 0.0874. The minimum atomic E-state index is -0.528. The molecule has 0 aromatic heterocycles. The van der Waals surface area contributed by atoms with Crippen LogP contribution in [0.5, 0.6) is 17.2 Å². The van der Waals surface area contributed by atoms with Gasteiger partial charge >= 0.3 is 11.7 Å². The Kier molecular flexibility index (Phi) is 6.13. The molecule has 2 aromatic rings. The van der Waals surface area contributed by atoms with Crippen molar-refractivity contribution in [3.8, 4) is 17.2 Å². The van der Waals surface area contributed by atoms with Crippen molar-refractivity contribution in [3.63, 3.8) is 0 Å². The van der Waals surface area contributed by atoms with Crippen molar-refractivity contribution in [2.24, 2.45) is 0 Å². The standard InChI is InChI=1S/C17H14BrNO6/c1-23-16-9-11(4-8-17(20)24-2)3-6-15(16)25-14-7-5-12(18)10-13(14)19(21)22/h3-10H,1-2H3/b8-4+. The lowest BCUT2D eigenvalue weighted by atomic mass is 10.2. The molecular weight excluding hydrogens is 394 g/mol. The lowest BCUT2D eigenvalue weighted by Crippen LogP contribution is -1.96. The number of nitro benzene ring substituents is 1. The Bertz CT molecular complexity index is 834. The molecule has 7 nitrogen and oxygen atoms in total. The summed E-state index contributed by atoms with van der Waals surface area (Å²) in [6.07, 6.45) is 2.83. The van der Waals surface area contributed by atoms with E-state index < -0.39 is 10.9 Å². The topological polar surface area (TPSA) is 87.9 Å². The predicted octanol–water partition coefficient (Wildman–Crippen LogP) is 4.34. The van der Waals surface area contributed by atoms with Crippen molar-refractivity contribution >= 4 is 33.7 Å². The molecule has 0 aliphatic heterocycles. The maximum absolute atomic E-state index is 11.2. The lowest BCUT2D eigenvalue weighted by molar-refractivity contribution is -0.385. The monoisotopic (exact) mass is 407 g/mol. The number of benzene rings is 2. The molecule has 0 amide bonds. The maximum Gasteiger partial charge on any atom is 0.330 e. The molecule has 0 unspecified atom stereocenters. The fraction of sp³-hybridized carbons (Fsp3) is 0.118. The number of esters is 1. The van der Waals surface area contributed by atoms with Crippen molar-refractivity contribution in [2.45, 2.75) is 0 Å². The molecule has 0 radical (unpaired) electrons. The second-order valence-electron chi connectivity index (χ2n) is 4.74. The van der Waals surface area contributed by atoms with Crippen LogP contribution in [0.4, 0.5) is 5.69 Å². The van der Waals surface area contributed by atoms with Crippen LogP contribution in [0.25, 0.3) is 6.08 Å². The molecule has 2 aromatic carbocycles. The van der Waals surface area contributed by atoms with E-state index >= 15 is 0 Å². The van der Waals surface area contributed by atoms with Gasteiger partial charge in [0.25, 0.3) is 0 Å². The Morgan fingerprint density at radius 1 is 1.12 bits per heavy atom. The molecule has 0 aliphatic carbocycles. The van der Waals surface area contributed by atoms with E-state index in [1.165, 1.54) is 32.4 Å². The van der Waals surface area contributed by atoms with Gasteiger partial charge in [-0.3, -0.25) is 10.1 Å². The van der Waals surface area contributed by atoms with Crippen LogP contribution in [0.2, 0.25) is 0 Å². The molecule has 0 atom stereocenters. The van der Waals surface area contributed by atoms with Crippen LogP contribution in [-0.2, 0) is 9.53 Å². The second-order valence-corrected chi connectivity index (χ2v) is 5.65. The van der Waals surface area contributed by atoms with E-state index in [1.807, 2.05) is 0 Å². The average Bonchev–Trinajstić information content (AvgIpc) is 2.61. The summed E-state index contributed by atoms with van der Waals surface area (Å²) >= 11 is 3.19. The highest BCUT2D eigenvalue weighted by atomic mass is 79.9. The van der Waals surface area contributed by atoms with E-state index in [1.54, 1.807) is 30.3 Å². The summed E-state index contributed by atoms with van der Waals surface area (Å²) in [5.74, 6) is 0.279. The number of ether oxygens (including phenoxy) is 3. The Balaban J connectivity index is 2.33. The van der Waals surface area contributed by atoms with Gasteiger partial charge in [-0.15, -0.1) is 0 Å². The van der Waals surface area contributed by atoms with Crippen molar-refractivity contribution in [2.75, 3.05) is 14.2 Å². The van der Waals surface area contributed by atoms with Crippen LogP contribution in [0.3, 0.4) is 0 Å². The molecule has 0 N–H and O–H groups in total. The number of nitrogens with zero attached hydrogens (tertiary/aromatic N) is 1. The number of carbonyl (C=O) groups excluding carboxylic acids is 1. The highest BCUT2D eigenvalue weighted by molar-refractivity contribution is 9.10. The van der Waals surface area contributed by atoms with Crippen LogP contribution in [-0.4, -0.2) is 25.1 Å². The maximum atomic E-state index is 11.2. The summed E-state index contributed by atoms with van der Waals surface area (Å²) < 4.78 is 16.0. The normalized spacial score (nSPS) is 10.5. The van der Waals surface area contributed by atoms with Crippen molar-refractivity contribution < 1.29 is 23.9 Å². The quantitative estimate of drug-likeness (QED) is 0.306. The Labute approximate surface area is 152 Å². The zero-order valence-corrected chi connectivity index (χ0v) is 15.0. The number of rotatable bonds is 6. The van der Waals surface area contributed by atoms with Crippen molar-refractivity contribution in [1.29, 1.82) is 0 Å². The summed E-state index contributed by atoms with van der Waals surface area (Å²) in [4.78, 5) is 21.8. The van der Waals surface area contributed by atoms with Crippen LogP contribution in [0.1, 0.15) is 5.56 Å². The molecule has 0 saturated carbocycles. The zero-order chi connectivity index (χ0) is 18.4. The molecule has 0 saturated heterocycles. The summed E-state index contributed by atoms with van der Waals surface area (Å²) in [5.41, 5.74) is 0.506. The minimum Gasteiger partial charge on any atom is -0.493 e. The third kappa shape index (κ3) is 4.80. The molecule has 0 fully saturated rings. The third-order valence-corrected chi connectivity index (χ3v) is 3.63. The van der Waals surface area contributed by atoms with Gasteiger partial charge < -0.3 is 14.2 Å². The van der Waals surface area contributed by atoms with Crippen LogP contribution in [0, 0.1) is 10.1 Å². The van der Waals surface area contributed by atoms with E-state index in [0.29, 0.717) is 21.5 Å². The molecular formula is C17H14BrNO6. The van der Waals surface area contributed by atoms with Crippen molar-refractivity contribution in [3.05, 3.63) is 62.6 Å². The Hall–Kier alpha value is -2.87. The van der Waals surface area contributed by atoms with Crippen LogP contribution in [0.15, 0.2) is 46.9 Å². The third-order valence-electron chi connectivity index (χ3n) is 3.14. The number of hydrogen-bond acceptors (Lipinski definition) is 6. The molecule has 0 aliphatic rings. The van der Waals surface area contributed by atoms with Gasteiger partial charge in [-0.2, -0.15) is 0 Å². The summed E-state index contributed by atoms with van der Waals surface area (Å²) in [6, 6.07) is 9.41. The number of carbonyl (C=O) groups is 1. The number of hydrogen-bond donors (Lipinski definition) is 0.